The van der Waals surface area contributed by atoms with Gasteiger partial charge >= 0.3 is 0 Å². The van der Waals surface area contributed by atoms with Crippen molar-refractivity contribution in [3.63, 3.8) is 0 Å². The first-order valence-corrected chi connectivity index (χ1v) is 7.23. The van der Waals surface area contributed by atoms with Crippen LogP contribution < -0.4 is 5.32 Å². The number of rotatable bonds is 7. The van der Waals surface area contributed by atoms with Crippen LogP contribution in [0.2, 0.25) is 0 Å². The summed E-state index contributed by atoms with van der Waals surface area (Å²) in [7, 11) is 6.62. The molecule has 0 spiro atoms. The van der Waals surface area contributed by atoms with Crippen molar-refractivity contribution < 1.29 is 0 Å². The number of piperidine rings is 1. The Morgan fingerprint density at radius 3 is 2.82 bits per heavy atom. The lowest BCUT2D eigenvalue weighted by atomic mass is 10.0. The average molecular weight is 241 g/mol. The van der Waals surface area contributed by atoms with Gasteiger partial charge in [0.2, 0.25) is 0 Å². The van der Waals surface area contributed by atoms with E-state index in [4.69, 9.17) is 0 Å². The molecule has 0 aromatic carbocycles. The Balaban J connectivity index is 2.17. The number of nitrogens with one attached hydrogen (secondary N) is 1. The van der Waals surface area contributed by atoms with Gasteiger partial charge < -0.3 is 15.1 Å². The van der Waals surface area contributed by atoms with Crippen LogP contribution in [-0.4, -0.2) is 62.7 Å². The summed E-state index contributed by atoms with van der Waals surface area (Å²) < 4.78 is 0. The number of likely N-dealkylation sites (tertiary alicyclic amines) is 1. The molecule has 1 N–H and O–H groups in total. The van der Waals surface area contributed by atoms with Crippen molar-refractivity contribution in [3.8, 4) is 0 Å². The topological polar surface area (TPSA) is 18.5 Å². The fourth-order valence-corrected chi connectivity index (χ4v) is 2.82. The minimum atomic E-state index is 0.706. The molecule has 0 aromatic heterocycles. The van der Waals surface area contributed by atoms with Crippen molar-refractivity contribution in [1.82, 2.24) is 15.1 Å². The summed E-state index contributed by atoms with van der Waals surface area (Å²) >= 11 is 0. The third-order valence-electron chi connectivity index (χ3n) is 4.19. The summed E-state index contributed by atoms with van der Waals surface area (Å²) in [6.45, 7) is 6.04. The SMILES string of the molecule is CCC(CCCN(C)C1CCCN(C)C1)NC. The van der Waals surface area contributed by atoms with Crippen molar-refractivity contribution in [2.45, 2.75) is 51.1 Å². The molecular weight excluding hydrogens is 210 g/mol. The Hall–Kier alpha value is -0.120. The van der Waals surface area contributed by atoms with Crippen molar-refractivity contribution >= 4 is 0 Å². The van der Waals surface area contributed by atoms with Gasteiger partial charge in [-0.3, -0.25) is 0 Å². The van der Waals surface area contributed by atoms with Gasteiger partial charge in [0.25, 0.3) is 0 Å². The molecule has 1 rings (SSSR count). The largest absolute Gasteiger partial charge is 0.317 e. The number of nitrogens with zero attached hydrogens (tertiary/aromatic N) is 2. The lowest BCUT2D eigenvalue weighted by Gasteiger charge is -2.36. The van der Waals surface area contributed by atoms with Gasteiger partial charge in [-0.2, -0.15) is 0 Å². The molecule has 0 saturated carbocycles. The molecule has 2 unspecified atom stereocenters. The Labute approximate surface area is 108 Å². The molecule has 2 atom stereocenters. The fraction of sp³-hybridized carbons (Fsp3) is 1.00. The van der Waals surface area contributed by atoms with Crippen molar-refractivity contribution in [2.75, 3.05) is 40.8 Å². The monoisotopic (exact) mass is 241 g/mol. The van der Waals surface area contributed by atoms with E-state index in [9.17, 15) is 0 Å². The van der Waals surface area contributed by atoms with Gasteiger partial charge in [-0.05, 0) is 66.3 Å². The van der Waals surface area contributed by atoms with Crippen LogP contribution in [0.25, 0.3) is 0 Å². The molecule has 0 amide bonds. The normalized spacial score (nSPS) is 24.2. The van der Waals surface area contributed by atoms with E-state index in [1.54, 1.807) is 0 Å². The second kappa shape index (κ2) is 8.06. The highest BCUT2D eigenvalue weighted by molar-refractivity contribution is 4.77. The molecule has 17 heavy (non-hydrogen) atoms. The second-order valence-corrected chi connectivity index (χ2v) is 5.57. The average Bonchev–Trinajstić information content (AvgIpc) is 2.34. The summed E-state index contributed by atoms with van der Waals surface area (Å²) in [6, 6.07) is 1.49. The van der Waals surface area contributed by atoms with Crippen LogP contribution in [-0.2, 0) is 0 Å². The Morgan fingerprint density at radius 2 is 2.24 bits per heavy atom. The predicted octanol–water partition coefficient (Wildman–Crippen LogP) is 1.79. The summed E-state index contributed by atoms with van der Waals surface area (Å²) in [6.07, 6.45) is 6.60. The molecule has 1 heterocycles. The van der Waals surface area contributed by atoms with Crippen LogP contribution in [0.4, 0.5) is 0 Å². The first kappa shape index (κ1) is 14.9. The third-order valence-corrected chi connectivity index (χ3v) is 4.19. The predicted molar refractivity (Wildman–Crippen MR) is 75.5 cm³/mol. The standard InChI is InChI=1S/C14H31N3/c1-5-13(15-2)8-6-11-17(4)14-9-7-10-16(3)12-14/h13-15H,5-12H2,1-4H3. The Kier molecular flexibility index (Phi) is 7.09. The molecule has 3 heteroatoms. The number of hydrogen-bond donors (Lipinski definition) is 1. The van der Waals surface area contributed by atoms with Gasteiger partial charge in [0, 0.05) is 18.6 Å². The van der Waals surface area contributed by atoms with Crippen LogP contribution in [0.5, 0.6) is 0 Å². The summed E-state index contributed by atoms with van der Waals surface area (Å²) in [5.74, 6) is 0. The van der Waals surface area contributed by atoms with Gasteiger partial charge in [0.05, 0.1) is 0 Å². The Bertz CT molecular complexity index is 192. The zero-order valence-electron chi connectivity index (χ0n) is 12.2. The fourth-order valence-electron chi connectivity index (χ4n) is 2.82. The maximum Gasteiger partial charge on any atom is 0.0220 e. The van der Waals surface area contributed by atoms with E-state index in [-0.39, 0.29) is 0 Å². The molecule has 0 aliphatic carbocycles. The Morgan fingerprint density at radius 1 is 1.47 bits per heavy atom. The smallest absolute Gasteiger partial charge is 0.0220 e. The van der Waals surface area contributed by atoms with Crippen molar-refractivity contribution in [1.29, 1.82) is 0 Å². The van der Waals surface area contributed by atoms with E-state index in [2.05, 4.69) is 43.2 Å². The van der Waals surface area contributed by atoms with Gasteiger partial charge in [-0.15, -0.1) is 0 Å². The van der Waals surface area contributed by atoms with Crippen molar-refractivity contribution in [2.24, 2.45) is 0 Å². The molecular formula is C14H31N3. The maximum absolute atomic E-state index is 3.39. The van der Waals surface area contributed by atoms with Gasteiger partial charge in [-0.25, -0.2) is 0 Å². The summed E-state index contributed by atoms with van der Waals surface area (Å²) in [4.78, 5) is 5.03. The quantitative estimate of drug-likeness (QED) is 0.733. The molecule has 102 valence electrons. The number of hydrogen-bond acceptors (Lipinski definition) is 3. The zero-order valence-corrected chi connectivity index (χ0v) is 12.2. The zero-order chi connectivity index (χ0) is 12.7. The molecule has 1 aliphatic rings. The van der Waals surface area contributed by atoms with Crippen LogP contribution in [0, 0.1) is 0 Å². The third kappa shape index (κ3) is 5.36. The first-order chi connectivity index (χ1) is 8.17. The second-order valence-electron chi connectivity index (χ2n) is 5.57. The molecule has 0 bridgehead atoms. The molecule has 3 nitrogen and oxygen atoms in total. The van der Waals surface area contributed by atoms with Crippen molar-refractivity contribution in [3.05, 3.63) is 0 Å². The lowest BCUT2D eigenvalue weighted by Crippen LogP contribution is -2.45. The lowest BCUT2D eigenvalue weighted by molar-refractivity contribution is 0.132. The van der Waals surface area contributed by atoms with Gasteiger partial charge in [0.15, 0.2) is 0 Å². The summed E-state index contributed by atoms with van der Waals surface area (Å²) in [5.41, 5.74) is 0. The van der Waals surface area contributed by atoms with E-state index >= 15 is 0 Å². The highest BCUT2D eigenvalue weighted by Gasteiger charge is 2.20. The molecule has 1 fully saturated rings. The summed E-state index contributed by atoms with van der Waals surface area (Å²) in [5, 5.41) is 3.39. The highest BCUT2D eigenvalue weighted by Crippen LogP contribution is 2.14. The van der Waals surface area contributed by atoms with E-state index in [1.807, 2.05) is 0 Å². The van der Waals surface area contributed by atoms with Crippen LogP contribution >= 0.6 is 0 Å². The van der Waals surface area contributed by atoms with Gasteiger partial charge in [0.1, 0.15) is 0 Å². The molecule has 0 radical (unpaired) electrons. The molecule has 1 saturated heterocycles. The molecule has 1 aliphatic heterocycles. The minimum Gasteiger partial charge on any atom is -0.317 e. The maximum atomic E-state index is 3.39. The van der Waals surface area contributed by atoms with Gasteiger partial charge in [-0.1, -0.05) is 6.92 Å². The highest BCUT2D eigenvalue weighted by atomic mass is 15.2. The van der Waals surface area contributed by atoms with Crippen LogP contribution in [0.15, 0.2) is 0 Å². The van der Waals surface area contributed by atoms with E-state index in [0.717, 1.165) is 6.04 Å². The number of likely N-dealkylation sites (N-methyl/N-ethyl adjacent to an activating group) is 2. The minimum absolute atomic E-state index is 0.706. The van der Waals surface area contributed by atoms with E-state index in [1.165, 1.54) is 51.7 Å². The van der Waals surface area contributed by atoms with Crippen LogP contribution in [0.3, 0.4) is 0 Å². The van der Waals surface area contributed by atoms with Crippen LogP contribution in [0.1, 0.15) is 39.0 Å². The first-order valence-electron chi connectivity index (χ1n) is 7.23. The molecule has 0 aromatic rings. The van der Waals surface area contributed by atoms with E-state index < -0.39 is 0 Å². The van der Waals surface area contributed by atoms with E-state index in [0.29, 0.717) is 6.04 Å².